The molecule has 1 amide bonds. The average Bonchev–Trinajstić information content (AvgIpc) is 3.12. The number of amides is 1. The first-order chi connectivity index (χ1) is 15.5. The number of anilines is 1. The van der Waals surface area contributed by atoms with Gasteiger partial charge < -0.3 is 9.15 Å². The van der Waals surface area contributed by atoms with Crippen LogP contribution in [0.4, 0.5) is 5.69 Å². The lowest BCUT2D eigenvalue weighted by molar-refractivity contribution is 0.0600. The van der Waals surface area contributed by atoms with Crippen molar-refractivity contribution in [2.45, 2.75) is 6.04 Å². The predicted molar refractivity (Wildman–Crippen MR) is 123 cm³/mol. The summed E-state index contributed by atoms with van der Waals surface area (Å²) in [7, 11) is 1.31. The number of carbonyl (C=O) groups excluding carboxylic acids is 2. The van der Waals surface area contributed by atoms with Gasteiger partial charge in [-0.05, 0) is 48.0 Å². The second-order valence-electron chi connectivity index (χ2n) is 7.34. The van der Waals surface area contributed by atoms with E-state index in [1.54, 1.807) is 59.5 Å². The molecule has 158 valence electrons. The summed E-state index contributed by atoms with van der Waals surface area (Å²) in [5.41, 5.74) is 2.04. The second-order valence-corrected chi connectivity index (χ2v) is 8.26. The fourth-order valence-corrected chi connectivity index (χ4v) is 4.40. The number of carbonyl (C=O) groups is 2. The summed E-state index contributed by atoms with van der Waals surface area (Å²) in [6.45, 7) is 0. The largest absolute Gasteiger partial charge is 0.465 e. The Bertz CT molecular complexity index is 1430. The summed E-state index contributed by atoms with van der Waals surface area (Å²) in [5, 5.41) is 0.386. The van der Waals surface area contributed by atoms with Gasteiger partial charge in [0.05, 0.1) is 29.7 Å². The number of para-hydroxylation sites is 1. The normalized spacial score (nSPS) is 15.1. The maximum Gasteiger partial charge on any atom is 0.337 e. The molecule has 2 heterocycles. The van der Waals surface area contributed by atoms with Crippen LogP contribution < -0.4 is 10.3 Å². The van der Waals surface area contributed by atoms with Crippen LogP contribution in [0.1, 0.15) is 38.1 Å². The van der Waals surface area contributed by atoms with Crippen LogP contribution in [0.2, 0.25) is 0 Å². The molecule has 1 unspecified atom stereocenters. The number of rotatable bonds is 3. The quantitative estimate of drug-likeness (QED) is 0.374. The van der Waals surface area contributed by atoms with Gasteiger partial charge in [-0.25, -0.2) is 4.79 Å². The lowest BCUT2D eigenvalue weighted by Crippen LogP contribution is -2.29. The molecule has 0 spiro atoms. The molecule has 0 saturated heterocycles. The molecule has 0 bridgehead atoms. The number of benzene rings is 3. The number of hydrogen-bond acceptors (Lipinski definition) is 5. The molecule has 6 nitrogen and oxygen atoms in total. The van der Waals surface area contributed by atoms with Gasteiger partial charge in [0.15, 0.2) is 5.43 Å². The zero-order valence-electron chi connectivity index (χ0n) is 16.9. The van der Waals surface area contributed by atoms with Crippen LogP contribution >= 0.6 is 15.9 Å². The van der Waals surface area contributed by atoms with Crippen molar-refractivity contribution in [3.8, 4) is 0 Å². The van der Waals surface area contributed by atoms with E-state index in [9.17, 15) is 14.4 Å². The van der Waals surface area contributed by atoms with Crippen molar-refractivity contribution in [3.05, 3.63) is 110 Å². The molecule has 0 saturated carbocycles. The minimum atomic E-state index is -0.703. The van der Waals surface area contributed by atoms with Gasteiger partial charge >= 0.3 is 5.97 Å². The van der Waals surface area contributed by atoms with E-state index in [1.807, 2.05) is 18.2 Å². The van der Waals surface area contributed by atoms with Crippen molar-refractivity contribution in [1.29, 1.82) is 0 Å². The maximum absolute atomic E-state index is 13.6. The summed E-state index contributed by atoms with van der Waals surface area (Å²) in [5.74, 6) is -0.833. The van der Waals surface area contributed by atoms with Gasteiger partial charge in [0.1, 0.15) is 5.58 Å². The van der Waals surface area contributed by atoms with Crippen molar-refractivity contribution in [2.75, 3.05) is 12.0 Å². The molecule has 5 rings (SSSR count). The molecule has 1 aromatic heterocycles. The van der Waals surface area contributed by atoms with Crippen molar-refractivity contribution < 1.29 is 18.7 Å². The number of halogens is 1. The zero-order valence-corrected chi connectivity index (χ0v) is 18.5. The van der Waals surface area contributed by atoms with Crippen molar-refractivity contribution in [3.63, 3.8) is 0 Å². The molecule has 32 heavy (non-hydrogen) atoms. The monoisotopic (exact) mass is 489 g/mol. The molecule has 0 radical (unpaired) electrons. The highest BCUT2D eigenvalue weighted by molar-refractivity contribution is 9.10. The van der Waals surface area contributed by atoms with Crippen molar-refractivity contribution >= 4 is 44.5 Å². The fourth-order valence-electron chi connectivity index (χ4n) is 4.03. The first kappa shape index (κ1) is 20.2. The lowest BCUT2D eigenvalue weighted by Gasteiger charge is -2.25. The maximum atomic E-state index is 13.6. The molecular weight excluding hydrogens is 474 g/mol. The Morgan fingerprint density at radius 2 is 1.72 bits per heavy atom. The summed E-state index contributed by atoms with van der Waals surface area (Å²) < 4.78 is 11.5. The molecule has 3 aromatic carbocycles. The second kappa shape index (κ2) is 7.76. The predicted octanol–water partition coefficient (Wildman–Crippen LogP) is 5.09. The molecule has 1 aliphatic rings. The van der Waals surface area contributed by atoms with Crippen LogP contribution in [-0.4, -0.2) is 19.0 Å². The van der Waals surface area contributed by atoms with E-state index in [-0.39, 0.29) is 16.8 Å². The Balaban J connectivity index is 1.76. The third kappa shape index (κ3) is 3.13. The highest BCUT2D eigenvalue weighted by atomic mass is 79.9. The van der Waals surface area contributed by atoms with Crippen molar-refractivity contribution in [1.82, 2.24) is 0 Å². The molecule has 0 fully saturated rings. The van der Waals surface area contributed by atoms with Gasteiger partial charge in [-0.1, -0.05) is 46.3 Å². The Morgan fingerprint density at radius 1 is 1.00 bits per heavy atom. The van der Waals surface area contributed by atoms with Gasteiger partial charge in [0.2, 0.25) is 5.76 Å². The molecule has 0 aliphatic carbocycles. The fraction of sp³-hybridized carbons (Fsp3) is 0.0800. The number of ether oxygens (including phenoxy) is 1. The number of nitrogens with zero attached hydrogens (tertiary/aromatic N) is 1. The highest BCUT2D eigenvalue weighted by Crippen LogP contribution is 2.41. The smallest absolute Gasteiger partial charge is 0.337 e. The first-order valence-corrected chi connectivity index (χ1v) is 10.6. The molecule has 7 heteroatoms. The number of fused-ring (bicyclic) bond motifs is 2. The van der Waals surface area contributed by atoms with E-state index in [2.05, 4.69) is 15.9 Å². The standard InChI is InChI=1S/C25H16BrNO5/c1-31-25(30)15-9-7-14(8-10-15)21-20-22(28)18-13-16(26)11-12-19(18)32-23(20)24(29)27(21)17-5-3-2-4-6-17/h2-13,21H,1H3. The number of methoxy groups -OCH3 is 1. The van der Waals surface area contributed by atoms with Gasteiger partial charge in [0.25, 0.3) is 5.91 Å². The molecule has 0 N–H and O–H groups in total. The van der Waals surface area contributed by atoms with Gasteiger partial charge in [-0.2, -0.15) is 0 Å². The number of esters is 1. The molecular formula is C25H16BrNO5. The Morgan fingerprint density at radius 3 is 2.41 bits per heavy atom. The molecule has 4 aromatic rings. The minimum Gasteiger partial charge on any atom is -0.465 e. The van der Waals surface area contributed by atoms with Crippen LogP contribution in [0.15, 0.2) is 86.5 Å². The van der Waals surface area contributed by atoms with Crippen LogP contribution in [0.5, 0.6) is 0 Å². The van der Waals surface area contributed by atoms with E-state index in [4.69, 9.17) is 9.15 Å². The van der Waals surface area contributed by atoms with Crippen LogP contribution in [0.25, 0.3) is 11.0 Å². The topological polar surface area (TPSA) is 76.8 Å². The summed E-state index contributed by atoms with van der Waals surface area (Å²) in [4.78, 5) is 40.5. The van der Waals surface area contributed by atoms with E-state index < -0.39 is 17.9 Å². The molecule has 1 atom stereocenters. The Labute approximate surface area is 191 Å². The molecule has 1 aliphatic heterocycles. The Kier molecular flexibility index (Phi) is 4.90. The minimum absolute atomic E-state index is 0.0238. The zero-order chi connectivity index (χ0) is 22.4. The highest BCUT2D eigenvalue weighted by Gasteiger charge is 2.43. The van der Waals surface area contributed by atoms with Crippen LogP contribution in [-0.2, 0) is 4.74 Å². The van der Waals surface area contributed by atoms with E-state index in [0.717, 1.165) is 4.47 Å². The Hall–Kier alpha value is -3.71. The summed E-state index contributed by atoms with van der Waals surface area (Å²) in [6.07, 6.45) is 0. The third-order valence-corrected chi connectivity index (χ3v) is 6.01. The van der Waals surface area contributed by atoms with Gasteiger partial charge in [-0.3, -0.25) is 14.5 Å². The number of hydrogen-bond donors (Lipinski definition) is 0. The SMILES string of the molecule is COC(=O)c1ccc(C2c3c(oc4ccc(Br)cc4c3=O)C(=O)N2c2ccccc2)cc1. The van der Waals surface area contributed by atoms with E-state index in [0.29, 0.717) is 27.8 Å². The van der Waals surface area contributed by atoms with Crippen LogP contribution in [0, 0.1) is 0 Å². The summed E-state index contributed by atoms with van der Waals surface area (Å²) >= 11 is 3.39. The van der Waals surface area contributed by atoms with Crippen LogP contribution in [0.3, 0.4) is 0 Å². The van der Waals surface area contributed by atoms with E-state index in [1.165, 1.54) is 7.11 Å². The van der Waals surface area contributed by atoms with E-state index >= 15 is 0 Å². The first-order valence-electron chi connectivity index (χ1n) is 9.82. The third-order valence-electron chi connectivity index (χ3n) is 5.51. The van der Waals surface area contributed by atoms with Crippen molar-refractivity contribution in [2.24, 2.45) is 0 Å². The average molecular weight is 490 g/mol. The van der Waals surface area contributed by atoms with Gasteiger partial charge in [0, 0.05) is 10.2 Å². The lowest BCUT2D eigenvalue weighted by atomic mass is 9.97. The van der Waals surface area contributed by atoms with Gasteiger partial charge in [-0.15, -0.1) is 0 Å². The summed E-state index contributed by atoms with van der Waals surface area (Å²) in [6, 6.07) is 20.2.